The van der Waals surface area contributed by atoms with Crippen LogP contribution in [-0.4, -0.2) is 68.4 Å². The van der Waals surface area contributed by atoms with Gasteiger partial charge >= 0.3 is 0 Å². The maximum absolute atomic E-state index is 4.83. The Balaban J connectivity index is -0.0000000753. The minimum Gasteiger partial charge on any atom is -0.470 e. The molecule has 0 unspecified atom stereocenters. The quantitative estimate of drug-likeness (QED) is 0.143. The third-order valence-electron chi connectivity index (χ3n) is 7.83. The zero-order valence-electron chi connectivity index (χ0n) is 64.4. The van der Waals surface area contributed by atoms with E-state index in [9.17, 15) is 0 Å². The topological polar surface area (TPSA) is 154 Å². The lowest BCUT2D eigenvalue weighted by Crippen LogP contribution is -1.83. The molecule has 0 atom stereocenters. The highest BCUT2D eigenvalue weighted by Gasteiger charge is 1.78. The van der Waals surface area contributed by atoms with Crippen LogP contribution in [-0.2, 0) is 35.2 Å². The van der Waals surface area contributed by atoms with Gasteiger partial charge in [-0.05, 0) is 125 Å². The van der Waals surface area contributed by atoms with Crippen molar-refractivity contribution in [1.82, 2.24) is 68.4 Å². The minimum atomic E-state index is 0. The summed E-state index contributed by atoms with van der Waals surface area (Å²) < 4.78 is 13.9. The predicted molar refractivity (Wildman–Crippen MR) is 416 cm³/mol. The summed E-state index contributed by atoms with van der Waals surface area (Å²) in [5.74, 6) is 0.968. The zero-order valence-corrected chi connectivity index (χ0v) is 65.3. The van der Waals surface area contributed by atoms with Crippen molar-refractivity contribution < 1.29 is 4.42 Å². The summed E-state index contributed by atoms with van der Waals surface area (Å²) in [4.78, 5) is 20.6. The van der Waals surface area contributed by atoms with E-state index in [1.807, 2.05) is 346 Å². The molecule has 0 aliphatic heterocycles. The number of hydrogen-bond donors (Lipinski definition) is 0. The molecule has 93 heavy (non-hydrogen) atoms. The zero-order chi connectivity index (χ0) is 73.3. The first-order chi connectivity index (χ1) is 44.8. The maximum Gasteiger partial charge on any atom is 0.137 e. The lowest BCUT2D eigenvalue weighted by Gasteiger charge is -1.82. The SMILES string of the molecule is C.CC.CC.CC.CC.CC.CC.CC.CC.CC.CC.CC.Cc1ccccc1.Cc1ccccn1.Cc1cccnc1.Cc1ccco1.Cc1cccs1.Cc1ccncc1.Cn1cccc1.Cn1cccn1.Cn1ccnc1.Cn1cncn1.Cn1cnnc1. The van der Waals surface area contributed by atoms with Crippen LogP contribution < -0.4 is 0 Å². The molecule has 0 radical (unpaired) electrons. The second-order valence-corrected chi connectivity index (χ2v) is 15.7. The maximum atomic E-state index is 4.83. The summed E-state index contributed by atoms with van der Waals surface area (Å²) in [7, 11) is 9.53. The molecule has 0 saturated carbocycles. The predicted octanol–water partition coefficient (Wildman–Crippen LogP) is 23.2. The third-order valence-corrected chi connectivity index (χ3v) is 8.63. The molecule has 0 saturated heterocycles. The van der Waals surface area contributed by atoms with Gasteiger partial charge in [-0.2, -0.15) is 10.2 Å². The summed E-state index contributed by atoms with van der Waals surface area (Å²) >= 11 is 1.78. The number of aromatic nitrogens is 14. The molecule has 0 amide bonds. The highest BCUT2D eigenvalue weighted by molar-refractivity contribution is 7.09. The van der Waals surface area contributed by atoms with Crippen molar-refractivity contribution in [3.05, 3.63) is 260 Å². The number of hydrogen-bond acceptors (Lipinski definition) is 11. The minimum absolute atomic E-state index is 0. The van der Waals surface area contributed by atoms with Crippen LogP contribution in [0.25, 0.3) is 0 Å². The van der Waals surface area contributed by atoms with E-state index in [4.69, 9.17) is 4.42 Å². The summed E-state index contributed by atoms with van der Waals surface area (Å²) in [5, 5.41) is 16.7. The number of pyridine rings is 3. The number of imidazole rings is 1. The molecule has 11 aromatic rings. The molecule has 0 spiro atoms. The van der Waals surface area contributed by atoms with Crippen molar-refractivity contribution in [2.24, 2.45) is 35.2 Å². The summed E-state index contributed by atoms with van der Waals surface area (Å²) in [5.41, 5.74) is 4.86. The van der Waals surface area contributed by atoms with E-state index in [0.29, 0.717) is 0 Å². The average molecular weight is 1310 g/mol. The van der Waals surface area contributed by atoms with Crippen molar-refractivity contribution in [2.45, 2.75) is 201 Å². The van der Waals surface area contributed by atoms with Crippen molar-refractivity contribution in [3.63, 3.8) is 0 Å². The lowest BCUT2D eigenvalue weighted by molar-refractivity contribution is 0.534. The highest BCUT2D eigenvalue weighted by atomic mass is 32.1. The van der Waals surface area contributed by atoms with Crippen LogP contribution in [0.1, 0.15) is 193 Å². The van der Waals surface area contributed by atoms with Crippen molar-refractivity contribution in [2.75, 3.05) is 0 Å². The second-order valence-electron chi connectivity index (χ2n) is 14.6. The fraction of sp³-hybridized carbons (Fsp3) is 0.442. The third kappa shape index (κ3) is 106. The van der Waals surface area contributed by atoms with Crippen LogP contribution in [0.2, 0.25) is 0 Å². The Labute approximate surface area is 577 Å². The average Bonchev–Trinajstić information content (AvgIpc) is 4.70. The number of aryl methyl sites for hydroxylation is 11. The van der Waals surface area contributed by atoms with Crippen molar-refractivity contribution in [3.8, 4) is 0 Å². The van der Waals surface area contributed by atoms with Gasteiger partial charge in [0.25, 0.3) is 0 Å². The Kier molecular flexibility index (Phi) is 131. The molecule has 0 bridgehead atoms. The molecule has 0 N–H and O–H groups in total. The summed E-state index contributed by atoms with van der Waals surface area (Å²) in [6, 6.07) is 37.8. The van der Waals surface area contributed by atoms with Crippen LogP contribution in [0, 0.1) is 41.5 Å². The molecular weight excluding hydrogens is 1170 g/mol. The van der Waals surface area contributed by atoms with Crippen molar-refractivity contribution >= 4 is 11.3 Å². The Morgan fingerprint density at radius 3 is 1.02 bits per heavy atom. The molecule has 15 nitrogen and oxygen atoms in total. The molecule has 10 aromatic heterocycles. The van der Waals surface area contributed by atoms with Gasteiger partial charge in [0, 0.05) is 114 Å². The first kappa shape index (κ1) is 112. The summed E-state index contributed by atoms with van der Waals surface area (Å²) in [6.07, 6.45) is 30.1. The van der Waals surface area contributed by atoms with Crippen LogP contribution in [0.5, 0.6) is 0 Å². The Bertz CT molecular complexity index is 2150. The number of furan rings is 1. The molecule has 0 aliphatic rings. The van der Waals surface area contributed by atoms with Gasteiger partial charge in [-0.1, -0.05) is 214 Å². The van der Waals surface area contributed by atoms with Gasteiger partial charge in [0.2, 0.25) is 0 Å². The van der Waals surface area contributed by atoms with E-state index in [-0.39, 0.29) is 7.43 Å². The van der Waals surface area contributed by atoms with Crippen molar-refractivity contribution in [1.29, 1.82) is 0 Å². The Morgan fingerprint density at radius 2 is 0.860 bits per heavy atom. The molecule has 10 heterocycles. The van der Waals surface area contributed by atoms with Gasteiger partial charge in [0.15, 0.2) is 0 Å². The van der Waals surface area contributed by atoms with Gasteiger partial charge in [0.05, 0.1) is 12.6 Å². The number of thiophene rings is 1. The first-order valence-corrected chi connectivity index (χ1v) is 33.8. The molecule has 0 fully saturated rings. The van der Waals surface area contributed by atoms with E-state index in [2.05, 4.69) is 88.8 Å². The smallest absolute Gasteiger partial charge is 0.137 e. The van der Waals surface area contributed by atoms with Crippen LogP contribution in [0.4, 0.5) is 0 Å². The van der Waals surface area contributed by atoms with Crippen LogP contribution in [0.3, 0.4) is 0 Å². The van der Waals surface area contributed by atoms with Gasteiger partial charge in [-0.3, -0.25) is 24.3 Å². The monoisotopic (exact) mass is 1310 g/mol. The van der Waals surface area contributed by atoms with E-state index >= 15 is 0 Å². The van der Waals surface area contributed by atoms with Gasteiger partial charge in [-0.15, -0.1) is 21.5 Å². The highest BCUT2D eigenvalue weighted by Crippen LogP contribution is 2.03. The normalized spacial score (nSPS) is 7.32. The molecule has 530 valence electrons. The van der Waals surface area contributed by atoms with Crippen LogP contribution >= 0.6 is 11.3 Å². The van der Waals surface area contributed by atoms with E-state index < -0.39 is 0 Å². The Morgan fingerprint density at radius 1 is 0.344 bits per heavy atom. The summed E-state index contributed by atoms with van der Waals surface area (Å²) in [6.45, 7) is 56.1. The fourth-order valence-electron chi connectivity index (χ4n) is 4.19. The van der Waals surface area contributed by atoms with Gasteiger partial charge in [0.1, 0.15) is 31.1 Å². The standard InChI is InChI=1S/C7H8.3C6H7N.C5H7N.C5H6O.C5H6S.2C4H6N2.2C3H5N3.11C2H6.CH4/c1-7-5-3-2-4-6-7;1-6-2-4-7-5-3-6;1-6-3-2-4-7-5-6;1-6-4-2-3-5-7-6;1-6-4-2-3-5-6;2*1-5-3-2-4-6-5;1-6-3-2-5-4-6;1-6-4-2-3-5-6;1-6-2-4-5-3-6;1-6-3-4-2-5-6;11*1-2;/h2-6H,1H3;3*2-5H,1H3;2-5H,1H3;4*2-4H,1H3;2*2-3H,1H3;11*1-2H3;1H4. The number of rotatable bonds is 0. The molecule has 1 aromatic carbocycles. The number of benzene rings is 1. The van der Waals surface area contributed by atoms with Gasteiger partial charge in [-0.25, -0.2) is 9.97 Å². The van der Waals surface area contributed by atoms with E-state index in [1.165, 1.54) is 27.9 Å². The number of nitrogens with zero attached hydrogens (tertiary/aromatic N) is 14. The second kappa shape index (κ2) is 108. The fourth-order valence-corrected chi connectivity index (χ4v) is 4.72. The molecular formula is C77H140N14OS. The largest absolute Gasteiger partial charge is 0.470 e. The van der Waals surface area contributed by atoms with E-state index in [1.54, 1.807) is 94.0 Å². The molecule has 11 rings (SSSR count). The first-order valence-electron chi connectivity index (χ1n) is 33.0. The lowest BCUT2D eigenvalue weighted by atomic mass is 10.2. The van der Waals surface area contributed by atoms with Crippen LogP contribution in [0.15, 0.2) is 231 Å². The molecule has 0 aliphatic carbocycles. The van der Waals surface area contributed by atoms with Gasteiger partial charge < -0.3 is 18.1 Å². The van der Waals surface area contributed by atoms with E-state index in [0.717, 1.165) is 11.5 Å². The molecule has 16 heteroatoms. The Hall–Kier alpha value is -8.37.